The zero-order valence-electron chi connectivity index (χ0n) is 11.7. The van der Waals surface area contributed by atoms with Crippen LogP contribution in [0, 0.1) is 0 Å². The molecule has 7 heteroatoms. The van der Waals surface area contributed by atoms with Crippen molar-refractivity contribution in [2.45, 2.75) is 6.42 Å². The molecule has 0 aliphatic carbocycles. The molecule has 2 N–H and O–H groups in total. The zero-order chi connectivity index (χ0) is 15.2. The highest BCUT2D eigenvalue weighted by Gasteiger charge is 2.08. The highest BCUT2D eigenvalue weighted by Crippen LogP contribution is 2.12. The van der Waals surface area contributed by atoms with Crippen LogP contribution < -0.4 is 5.32 Å². The van der Waals surface area contributed by atoms with Gasteiger partial charge in [-0.3, -0.25) is 19.9 Å². The number of nitrogens with zero attached hydrogens (tertiary/aromatic N) is 4. The van der Waals surface area contributed by atoms with Gasteiger partial charge >= 0.3 is 0 Å². The van der Waals surface area contributed by atoms with E-state index in [4.69, 9.17) is 0 Å². The Morgan fingerprint density at radius 1 is 1.14 bits per heavy atom. The molecule has 0 spiro atoms. The number of carbonyl (C=O) groups excluding carboxylic acids is 1. The van der Waals surface area contributed by atoms with Gasteiger partial charge in [0.2, 0.25) is 0 Å². The van der Waals surface area contributed by atoms with Crippen LogP contribution in [0.1, 0.15) is 16.3 Å². The van der Waals surface area contributed by atoms with Gasteiger partial charge in [-0.1, -0.05) is 6.07 Å². The summed E-state index contributed by atoms with van der Waals surface area (Å²) in [5.41, 5.74) is 1.30. The lowest BCUT2D eigenvalue weighted by molar-refractivity contribution is 0.0949. The van der Waals surface area contributed by atoms with Crippen LogP contribution in [0.15, 0.2) is 48.9 Å². The molecule has 0 atom stereocenters. The smallest absolute Gasteiger partial charge is 0.269 e. The zero-order valence-corrected chi connectivity index (χ0v) is 11.7. The standard InChI is InChI=1S/C15H14N6O/c22-15(12-3-1-2-7-17-12)18-10-6-13-19-14(21-20-13)11-4-8-16-9-5-11/h1-5,7-9H,6,10H2,(H,18,22)(H,19,20,21). The van der Waals surface area contributed by atoms with E-state index in [-0.39, 0.29) is 5.91 Å². The number of H-pyrrole nitrogens is 1. The second-order valence-corrected chi connectivity index (χ2v) is 4.56. The molecule has 3 aromatic heterocycles. The summed E-state index contributed by atoms with van der Waals surface area (Å²) in [4.78, 5) is 24.2. The van der Waals surface area contributed by atoms with E-state index in [2.05, 4.69) is 30.5 Å². The van der Waals surface area contributed by atoms with Crippen molar-refractivity contribution in [2.24, 2.45) is 0 Å². The number of rotatable bonds is 5. The number of nitrogens with one attached hydrogen (secondary N) is 2. The van der Waals surface area contributed by atoms with Gasteiger partial charge < -0.3 is 5.32 Å². The third-order valence-electron chi connectivity index (χ3n) is 3.02. The largest absolute Gasteiger partial charge is 0.350 e. The Hall–Kier alpha value is -3.09. The normalized spacial score (nSPS) is 10.4. The van der Waals surface area contributed by atoms with Crippen molar-refractivity contribution in [2.75, 3.05) is 6.54 Å². The Morgan fingerprint density at radius 2 is 2.00 bits per heavy atom. The van der Waals surface area contributed by atoms with Crippen LogP contribution >= 0.6 is 0 Å². The molecule has 0 saturated heterocycles. The summed E-state index contributed by atoms with van der Waals surface area (Å²) in [5.74, 6) is 1.14. The molecule has 22 heavy (non-hydrogen) atoms. The molecule has 0 aliphatic heterocycles. The minimum atomic E-state index is -0.200. The molecular weight excluding hydrogens is 280 g/mol. The molecule has 0 radical (unpaired) electrons. The van der Waals surface area contributed by atoms with E-state index in [0.29, 0.717) is 30.3 Å². The molecule has 7 nitrogen and oxygen atoms in total. The maximum atomic E-state index is 11.8. The summed E-state index contributed by atoms with van der Waals surface area (Å²) < 4.78 is 0. The molecule has 0 saturated carbocycles. The molecule has 0 aromatic carbocycles. The second kappa shape index (κ2) is 6.57. The maximum absolute atomic E-state index is 11.8. The van der Waals surface area contributed by atoms with E-state index in [1.54, 1.807) is 36.8 Å². The third-order valence-corrected chi connectivity index (χ3v) is 3.02. The lowest BCUT2D eigenvalue weighted by atomic mass is 10.2. The first kappa shape index (κ1) is 13.9. The van der Waals surface area contributed by atoms with Crippen molar-refractivity contribution in [3.63, 3.8) is 0 Å². The van der Waals surface area contributed by atoms with E-state index in [0.717, 1.165) is 5.56 Å². The topological polar surface area (TPSA) is 96.5 Å². The highest BCUT2D eigenvalue weighted by atomic mass is 16.1. The Bertz CT molecular complexity index is 741. The van der Waals surface area contributed by atoms with Gasteiger partial charge in [-0.25, -0.2) is 4.98 Å². The first-order chi connectivity index (χ1) is 10.8. The van der Waals surface area contributed by atoms with Gasteiger partial charge in [0.1, 0.15) is 11.5 Å². The van der Waals surface area contributed by atoms with E-state index >= 15 is 0 Å². The number of hydrogen-bond acceptors (Lipinski definition) is 5. The van der Waals surface area contributed by atoms with Crippen molar-refractivity contribution in [1.82, 2.24) is 30.5 Å². The first-order valence-electron chi connectivity index (χ1n) is 6.84. The fourth-order valence-corrected chi connectivity index (χ4v) is 1.92. The van der Waals surface area contributed by atoms with Gasteiger partial charge in [-0.05, 0) is 24.3 Å². The molecule has 3 heterocycles. The van der Waals surface area contributed by atoms with Crippen LogP contribution in [0.4, 0.5) is 0 Å². The van der Waals surface area contributed by atoms with E-state index in [1.165, 1.54) is 0 Å². The average molecular weight is 294 g/mol. The Balaban J connectivity index is 1.55. The van der Waals surface area contributed by atoms with Crippen LogP contribution in [-0.2, 0) is 6.42 Å². The number of aromatic nitrogens is 5. The quantitative estimate of drug-likeness (QED) is 0.738. The number of pyridine rings is 2. The predicted molar refractivity (Wildman–Crippen MR) is 79.9 cm³/mol. The molecule has 0 aliphatic rings. The minimum Gasteiger partial charge on any atom is -0.350 e. The molecule has 110 valence electrons. The summed E-state index contributed by atoms with van der Waals surface area (Å²) in [7, 11) is 0. The monoisotopic (exact) mass is 294 g/mol. The van der Waals surface area contributed by atoms with Crippen LogP contribution in [0.5, 0.6) is 0 Å². The second-order valence-electron chi connectivity index (χ2n) is 4.56. The minimum absolute atomic E-state index is 0.200. The molecule has 1 amide bonds. The fourth-order valence-electron chi connectivity index (χ4n) is 1.92. The van der Waals surface area contributed by atoms with Crippen molar-refractivity contribution >= 4 is 5.91 Å². The van der Waals surface area contributed by atoms with Gasteiger partial charge in [0.25, 0.3) is 5.91 Å². The Kier molecular flexibility index (Phi) is 4.15. The van der Waals surface area contributed by atoms with Crippen molar-refractivity contribution in [1.29, 1.82) is 0 Å². The van der Waals surface area contributed by atoms with Gasteiger partial charge in [0, 0.05) is 37.1 Å². The summed E-state index contributed by atoms with van der Waals surface area (Å²) >= 11 is 0. The van der Waals surface area contributed by atoms with Crippen LogP contribution in [-0.4, -0.2) is 37.6 Å². The van der Waals surface area contributed by atoms with Crippen LogP contribution in [0.25, 0.3) is 11.4 Å². The molecule has 3 aromatic rings. The SMILES string of the molecule is O=C(NCCc1nc(-c2ccncc2)n[nH]1)c1ccccn1. The Labute approximate surface area is 126 Å². The molecule has 0 unspecified atom stereocenters. The number of aromatic amines is 1. The van der Waals surface area contributed by atoms with Gasteiger partial charge in [-0.15, -0.1) is 0 Å². The number of hydrogen-bond donors (Lipinski definition) is 2. The molecule has 0 bridgehead atoms. The van der Waals surface area contributed by atoms with Gasteiger partial charge in [-0.2, -0.15) is 5.10 Å². The van der Waals surface area contributed by atoms with Crippen LogP contribution in [0.3, 0.4) is 0 Å². The summed E-state index contributed by atoms with van der Waals surface area (Å²) in [6.07, 6.45) is 5.54. The maximum Gasteiger partial charge on any atom is 0.269 e. The van der Waals surface area contributed by atoms with Crippen molar-refractivity contribution < 1.29 is 4.79 Å². The van der Waals surface area contributed by atoms with Gasteiger partial charge in [0.05, 0.1) is 0 Å². The molecule has 0 fully saturated rings. The van der Waals surface area contributed by atoms with E-state index in [1.807, 2.05) is 12.1 Å². The highest BCUT2D eigenvalue weighted by molar-refractivity contribution is 5.92. The first-order valence-corrected chi connectivity index (χ1v) is 6.84. The van der Waals surface area contributed by atoms with Crippen LogP contribution in [0.2, 0.25) is 0 Å². The van der Waals surface area contributed by atoms with Crippen molar-refractivity contribution in [3.05, 3.63) is 60.4 Å². The van der Waals surface area contributed by atoms with Gasteiger partial charge in [0.15, 0.2) is 5.82 Å². The summed E-state index contributed by atoms with van der Waals surface area (Å²) in [5, 5.41) is 9.82. The number of carbonyl (C=O) groups is 1. The fraction of sp³-hybridized carbons (Fsp3) is 0.133. The third kappa shape index (κ3) is 3.32. The summed E-state index contributed by atoms with van der Waals surface area (Å²) in [6.45, 7) is 0.459. The number of amides is 1. The predicted octanol–water partition coefficient (Wildman–Crippen LogP) is 1.23. The Morgan fingerprint density at radius 3 is 2.77 bits per heavy atom. The van der Waals surface area contributed by atoms with E-state index < -0.39 is 0 Å². The van der Waals surface area contributed by atoms with Crippen molar-refractivity contribution in [3.8, 4) is 11.4 Å². The molecule has 3 rings (SSSR count). The lowest BCUT2D eigenvalue weighted by Crippen LogP contribution is -2.26. The van der Waals surface area contributed by atoms with E-state index in [9.17, 15) is 4.79 Å². The summed E-state index contributed by atoms with van der Waals surface area (Å²) in [6, 6.07) is 8.90. The lowest BCUT2D eigenvalue weighted by Gasteiger charge is -2.02. The molecular formula is C15H14N6O. The average Bonchev–Trinajstić information content (AvgIpc) is 3.05.